The summed E-state index contributed by atoms with van der Waals surface area (Å²) < 4.78 is 1.68. The third-order valence-corrected chi connectivity index (χ3v) is 8.48. The van der Waals surface area contributed by atoms with Crippen molar-refractivity contribution in [2.24, 2.45) is 0 Å². The van der Waals surface area contributed by atoms with Crippen LogP contribution in [-0.4, -0.2) is 49.0 Å². The number of nitrogens with zero attached hydrogens (tertiary/aromatic N) is 6. The van der Waals surface area contributed by atoms with Gasteiger partial charge in [0.2, 0.25) is 11.9 Å². The topological polar surface area (TPSA) is 97.8 Å². The second-order valence-electron chi connectivity index (χ2n) is 10.9. The van der Waals surface area contributed by atoms with Crippen LogP contribution < -0.4 is 11.1 Å². The minimum atomic E-state index is 0.206. The van der Waals surface area contributed by atoms with E-state index in [1.807, 2.05) is 0 Å². The van der Waals surface area contributed by atoms with Crippen LogP contribution >= 0.6 is 0 Å². The fourth-order valence-electron chi connectivity index (χ4n) is 6.52. The highest BCUT2D eigenvalue weighted by Gasteiger charge is 2.25. The van der Waals surface area contributed by atoms with Crippen molar-refractivity contribution < 1.29 is 0 Å². The molecule has 7 rings (SSSR count). The van der Waals surface area contributed by atoms with Gasteiger partial charge in [-0.25, -0.2) is 0 Å². The lowest BCUT2D eigenvalue weighted by Gasteiger charge is -2.25. The van der Waals surface area contributed by atoms with Gasteiger partial charge >= 0.3 is 0 Å². The SMILES string of the molecule is Nc1nc(Nc2ccc3c(c2)CC[C@@H](N2CCCC2)CC3)n(-c2cc3c(nn2)-c2ccccc2CCC3)n1. The van der Waals surface area contributed by atoms with E-state index in [0.29, 0.717) is 17.8 Å². The molecule has 3 heterocycles. The summed E-state index contributed by atoms with van der Waals surface area (Å²) in [5, 5.41) is 17.1. The molecule has 1 fully saturated rings. The van der Waals surface area contributed by atoms with Gasteiger partial charge in [0, 0.05) is 17.3 Å². The van der Waals surface area contributed by atoms with Crippen molar-refractivity contribution in [2.75, 3.05) is 24.1 Å². The summed E-state index contributed by atoms with van der Waals surface area (Å²) in [4.78, 5) is 7.19. The molecule has 38 heavy (non-hydrogen) atoms. The average molecular weight is 507 g/mol. The molecule has 1 atom stereocenters. The van der Waals surface area contributed by atoms with E-state index in [0.717, 1.165) is 43.5 Å². The molecule has 3 N–H and O–H groups in total. The van der Waals surface area contributed by atoms with E-state index >= 15 is 0 Å². The molecule has 8 nitrogen and oxygen atoms in total. The largest absolute Gasteiger partial charge is 0.366 e. The number of benzene rings is 2. The van der Waals surface area contributed by atoms with E-state index in [-0.39, 0.29) is 5.95 Å². The van der Waals surface area contributed by atoms with Crippen LogP contribution in [0.25, 0.3) is 17.1 Å². The summed E-state index contributed by atoms with van der Waals surface area (Å²) in [6.45, 7) is 2.53. The number of nitrogens with one attached hydrogen (secondary N) is 1. The van der Waals surface area contributed by atoms with Gasteiger partial charge < -0.3 is 16.0 Å². The first-order valence-corrected chi connectivity index (χ1v) is 14.0. The maximum Gasteiger partial charge on any atom is 0.241 e. The van der Waals surface area contributed by atoms with E-state index in [1.165, 1.54) is 66.6 Å². The molecule has 0 saturated carbocycles. The monoisotopic (exact) mass is 506 g/mol. The van der Waals surface area contributed by atoms with Gasteiger partial charge in [-0.2, -0.15) is 9.67 Å². The Bertz CT molecular complexity index is 1470. The molecule has 4 aromatic rings. The molecule has 3 aliphatic rings. The van der Waals surface area contributed by atoms with E-state index in [2.05, 4.69) is 79.0 Å². The van der Waals surface area contributed by atoms with Crippen LogP contribution in [-0.2, 0) is 25.7 Å². The third kappa shape index (κ3) is 4.43. The average Bonchev–Trinajstić information content (AvgIpc) is 3.49. The van der Waals surface area contributed by atoms with E-state index in [1.54, 1.807) is 4.68 Å². The second kappa shape index (κ2) is 9.83. The Morgan fingerprint density at radius 2 is 1.61 bits per heavy atom. The van der Waals surface area contributed by atoms with Crippen LogP contribution in [0.2, 0.25) is 0 Å². The van der Waals surface area contributed by atoms with E-state index < -0.39 is 0 Å². The fourth-order valence-corrected chi connectivity index (χ4v) is 6.52. The number of likely N-dealkylation sites (tertiary alicyclic amines) is 1. The molecule has 0 unspecified atom stereocenters. The normalized spacial score (nSPS) is 19.2. The van der Waals surface area contributed by atoms with Crippen molar-refractivity contribution in [1.29, 1.82) is 0 Å². The van der Waals surface area contributed by atoms with Gasteiger partial charge in [0.15, 0.2) is 5.82 Å². The first-order chi connectivity index (χ1) is 18.7. The second-order valence-corrected chi connectivity index (χ2v) is 10.9. The predicted molar refractivity (Wildman–Crippen MR) is 150 cm³/mol. The number of hydrogen-bond acceptors (Lipinski definition) is 7. The van der Waals surface area contributed by atoms with Gasteiger partial charge in [-0.15, -0.1) is 15.3 Å². The molecular weight excluding hydrogens is 472 g/mol. The zero-order valence-electron chi connectivity index (χ0n) is 21.7. The number of fused-ring (bicyclic) bond motifs is 4. The first kappa shape index (κ1) is 23.3. The van der Waals surface area contributed by atoms with Crippen LogP contribution in [0.5, 0.6) is 0 Å². The molecule has 194 valence electrons. The van der Waals surface area contributed by atoms with Crippen molar-refractivity contribution in [2.45, 2.75) is 63.8 Å². The molecule has 8 heteroatoms. The molecular formula is C30H34N8. The lowest BCUT2D eigenvalue weighted by molar-refractivity contribution is 0.222. The number of hydrogen-bond donors (Lipinski definition) is 2. The molecule has 0 amide bonds. The zero-order chi connectivity index (χ0) is 25.5. The Morgan fingerprint density at radius 3 is 2.50 bits per heavy atom. The van der Waals surface area contributed by atoms with Gasteiger partial charge in [-0.05, 0) is 111 Å². The van der Waals surface area contributed by atoms with Crippen LogP contribution in [0.3, 0.4) is 0 Å². The highest BCUT2D eigenvalue weighted by molar-refractivity contribution is 5.68. The van der Waals surface area contributed by atoms with Gasteiger partial charge in [-0.1, -0.05) is 30.3 Å². The molecule has 0 spiro atoms. The summed E-state index contributed by atoms with van der Waals surface area (Å²) in [7, 11) is 0. The van der Waals surface area contributed by atoms with E-state index in [9.17, 15) is 0 Å². The van der Waals surface area contributed by atoms with Crippen LogP contribution in [0.1, 0.15) is 54.4 Å². The van der Waals surface area contributed by atoms with Crippen molar-refractivity contribution in [3.63, 3.8) is 0 Å². The van der Waals surface area contributed by atoms with Gasteiger partial charge in [0.1, 0.15) is 0 Å². The molecule has 1 saturated heterocycles. The molecule has 0 radical (unpaired) electrons. The summed E-state index contributed by atoms with van der Waals surface area (Å²) in [6, 6.07) is 18.0. The molecule has 2 aromatic carbocycles. The van der Waals surface area contributed by atoms with Crippen molar-refractivity contribution >= 4 is 17.6 Å². The number of nitrogen functional groups attached to an aromatic ring is 1. The number of anilines is 3. The Hall–Kier alpha value is -3.78. The quantitative estimate of drug-likeness (QED) is 0.381. The maximum atomic E-state index is 6.07. The van der Waals surface area contributed by atoms with Crippen molar-refractivity contribution in [1.82, 2.24) is 29.9 Å². The lowest BCUT2D eigenvalue weighted by atomic mass is 10.0. The highest BCUT2D eigenvalue weighted by atomic mass is 15.5. The Labute approximate surface area is 223 Å². The van der Waals surface area contributed by atoms with Crippen LogP contribution in [0, 0.1) is 0 Å². The predicted octanol–water partition coefficient (Wildman–Crippen LogP) is 4.88. The summed E-state index contributed by atoms with van der Waals surface area (Å²) in [5.41, 5.74) is 14.6. The molecule has 2 aliphatic carbocycles. The summed E-state index contributed by atoms with van der Waals surface area (Å²) >= 11 is 0. The van der Waals surface area contributed by atoms with Gasteiger partial charge in [-0.3, -0.25) is 0 Å². The van der Waals surface area contributed by atoms with Crippen LogP contribution in [0.4, 0.5) is 17.6 Å². The summed E-state index contributed by atoms with van der Waals surface area (Å²) in [5.74, 6) is 1.38. The third-order valence-electron chi connectivity index (χ3n) is 8.48. The lowest BCUT2D eigenvalue weighted by Crippen LogP contribution is -2.32. The van der Waals surface area contributed by atoms with Crippen molar-refractivity contribution in [3.05, 3.63) is 70.8 Å². The van der Waals surface area contributed by atoms with Crippen molar-refractivity contribution in [3.8, 4) is 17.1 Å². The Balaban J connectivity index is 1.15. The van der Waals surface area contributed by atoms with Gasteiger partial charge in [0.25, 0.3) is 0 Å². The number of aromatic nitrogens is 5. The maximum absolute atomic E-state index is 6.07. The standard InChI is InChI=1S/C30H34N8/c31-29-33-30(32-24-13-10-20-11-14-25(15-12-22(20)18-24)37-16-3-4-17-37)38(36-29)27-19-23-8-5-7-21-6-1-2-9-26(21)28(23)35-34-27/h1-2,6,9-10,13,18-19,25H,3-5,7-8,11-12,14-17H2,(H3,31,32,33,36)/t25-/m0/s1. The number of nitrogens with two attached hydrogens (primary N) is 1. The number of rotatable bonds is 4. The Kier molecular flexibility index (Phi) is 6.04. The first-order valence-electron chi connectivity index (χ1n) is 14.0. The molecule has 2 aromatic heterocycles. The summed E-state index contributed by atoms with van der Waals surface area (Å²) in [6.07, 6.45) is 10.5. The zero-order valence-corrected chi connectivity index (χ0v) is 21.7. The van der Waals surface area contributed by atoms with Gasteiger partial charge in [0.05, 0.1) is 5.69 Å². The van der Waals surface area contributed by atoms with Crippen LogP contribution in [0.15, 0.2) is 48.5 Å². The highest BCUT2D eigenvalue weighted by Crippen LogP contribution is 2.32. The molecule has 0 bridgehead atoms. The fraction of sp³-hybridized carbons (Fsp3) is 0.400. The van der Waals surface area contributed by atoms with E-state index in [4.69, 9.17) is 5.73 Å². The minimum Gasteiger partial charge on any atom is -0.366 e. The Morgan fingerprint density at radius 1 is 0.789 bits per heavy atom. The molecule has 1 aliphatic heterocycles. The smallest absolute Gasteiger partial charge is 0.241 e. The minimum absolute atomic E-state index is 0.206. The number of aryl methyl sites for hydroxylation is 4.